The van der Waals surface area contributed by atoms with Crippen molar-refractivity contribution >= 4 is 6.72 Å². The van der Waals surface area contributed by atoms with Gasteiger partial charge in [0.15, 0.2) is 0 Å². The summed E-state index contributed by atoms with van der Waals surface area (Å²) in [7, 11) is 0. The van der Waals surface area contributed by atoms with Crippen molar-refractivity contribution in [2.24, 2.45) is 10.7 Å². The van der Waals surface area contributed by atoms with Gasteiger partial charge < -0.3 is 10.3 Å². The van der Waals surface area contributed by atoms with Gasteiger partial charge in [0.05, 0.1) is 18.3 Å². The molecular weight excluding hydrogens is 322 g/mol. The first-order chi connectivity index (χ1) is 12.7. The van der Waals surface area contributed by atoms with Crippen LogP contribution < -0.4 is 5.73 Å². The number of aromatic nitrogens is 2. The summed E-state index contributed by atoms with van der Waals surface area (Å²) in [5.74, 6) is 1.14. The van der Waals surface area contributed by atoms with Crippen molar-refractivity contribution < 1.29 is 0 Å². The fourth-order valence-electron chi connectivity index (χ4n) is 3.82. The minimum absolute atomic E-state index is 0.317. The quantitative estimate of drug-likeness (QED) is 0.482. The van der Waals surface area contributed by atoms with E-state index in [1.807, 2.05) is 6.20 Å². The molecule has 5 nitrogen and oxygen atoms in total. The molecule has 0 aliphatic heterocycles. The lowest BCUT2D eigenvalue weighted by Crippen LogP contribution is -2.39. The zero-order valence-electron chi connectivity index (χ0n) is 16.5. The number of unbranched alkanes of at least 4 members (excludes halogenated alkanes) is 1. The second kappa shape index (κ2) is 11.1. The van der Waals surface area contributed by atoms with Crippen LogP contribution in [0.2, 0.25) is 0 Å². The highest BCUT2D eigenvalue weighted by Crippen LogP contribution is 2.31. The SMILES string of the molecule is C=NC1=C(/C=C\C)CCCC1N(CCCCN)Cc1nccn1CCC. The minimum atomic E-state index is 0.317. The van der Waals surface area contributed by atoms with Gasteiger partial charge in [-0.05, 0) is 70.8 Å². The number of aliphatic imine (C=N–C) groups is 1. The molecule has 0 bridgehead atoms. The van der Waals surface area contributed by atoms with Gasteiger partial charge in [-0.2, -0.15) is 0 Å². The maximum absolute atomic E-state index is 5.73. The second-order valence-electron chi connectivity index (χ2n) is 6.98. The molecule has 0 amide bonds. The smallest absolute Gasteiger partial charge is 0.122 e. The van der Waals surface area contributed by atoms with Crippen molar-refractivity contribution in [1.82, 2.24) is 14.5 Å². The van der Waals surface area contributed by atoms with Crippen LogP contribution in [0.1, 0.15) is 58.2 Å². The zero-order valence-corrected chi connectivity index (χ0v) is 16.5. The van der Waals surface area contributed by atoms with E-state index in [0.717, 1.165) is 69.8 Å². The number of imidazole rings is 1. The highest BCUT2D eigenvalue weighted by molar-refractivity contribution is 5.38. The molecule has 0 radical (unpaired) electrons. The van der Waals surface area contributed by atoms with Crippen LogP contribution in [-0.2, 0) is 13.1 Å². The Bertz CT molecular complexity index is 614. The number of aryl methyl sites for hydroxylation is 1. The van der Waals surface area contributed by atoms with Crippen molar-refractivity contribution in [3.63, 3.8) is 0 Å². The average Bonchev–Trinajstić information content (AvgIpc) is 3.08. The van der Waals surface area contributed by atoms with Crippen LogP contribution in [0.25, 0.3) is 0 Å². The number of hydrogen-bond donors (Lipinski definition) is 1. The Labute approximate surface area is 158 Å². The van der Waals surface area contributed by atoms with Crippen LogP contribution in [0.4, 0.5) is 0 Å². The predicted molar refractivity (Wildman–Crippen MR) is 110 cm³/mol. The van der Waals surface area contributed by atoms with E-state index in [2.05, 4.69) is 58.4 Å². The van der Waals surface area contributed by atoms with E-state index in [4.69, 9.17) is 5.73 Å². The lowest BCUT2D eigenvalue weighted by Gasteiger charge is -2.35. The summed E-state index contributed by atoms with van der Waals surface area (Å²) in [6, 6.07) is 0.317. The first-order valence-electron chi connectivity index (χ1n) is 10.0. The lowest BCUT2D eigenvalue weighted by atomic mass is 9.90. The molecule has 1 unspecified atom stereocenters. The van der Waals surface area contributed by atoms with Crippen LogP contribution in [-0.4, -0.2) is 40.3 Å². The molecule has 2 N–H and O–H groups in total. The number of allylic oxidation sites excluding steroid dienone is 3. The molecule has 1 aliphatic rings. The summed E-state index contributed by atoms with van der Waals surface area (Å²) < 4.78 is 2.27. The van der Waals surface area contributed by atoms with Gasteiger partial charge in [0.2, 0.25) is 0 Å². The Hall–Kier alpha value is -1.72. The van der Waals surface area contributed by atoms with Gasteiger partial charge in [-0.15, -0.1) is 0 Å². The molecule has 1 atom stereocenters. The van der Waals surface area contributed by atoms with Gasteiger partial charge in [-0.1, -0.05) is 19.1 Å². The second-order valence-corrected chi connectivity index (χ2v) is 6.98. The summed E-state index contributed by atoms with van der Waals surface area (Å²) in [4.78, 5) is 11.6. The van der Waals surface area contributed by atoms with Crippen LogP contribution >= 0.6 is 0 Å². The molecule has 1 heterocycles. The van der Waals surface area contributed by atoms with Gasteiger partial charge in [0.25, 0.3) is 0 Å². The van der Waals surface area contributed by atoms with Gasteiger partial charge in [-0.25, -0.2) is 4.98 Å². The van der Waals surface area contributed by atoms with E-state index < -0.39 is 0 Å². The Kier molecular flexibility index (Phi) is 8.78. The molecule has 1 aromatic rings. The molecule has 0 spiro atoms. The maximum atomic E-state index is 5.73. The average molecular weight is 358 g/mol. The zero-order chi connectivity index (χ0) is 18.8. The summed E-state index contributed by atoms with van der Waals surface area (Å²) >= 11 is 0. The maximum Gasteiger partial charge on any atom is 0.122 e. The lowest BCUT2D eigenvalue weighted by molar-refractivity contribution is 0.183. The number of nitrogens with two attached hydrogens (primary N) is 1. The highest BCUT2D eigenvalue weighted by atomic mass is 15.2. The van der Waals surface area contributed by atoms with Crippen molar-refractivity contribution in [2.45, 2.75) is 71.5 Å². The normalized spacial score (nSPS) is 18.2. The van der Waals surface area contributed by atoms with Crippen LogP contribution in [0, 0.1) is 0 Å². The number of hydrogen-bond acceptors (Lipinski definition) is 4. The molecule has 0 aromatic carbocycles. The topological polar surface area (TPSA) is 59.4 Å². The molecular formula is C21H35N5. The molecule has 0 saturated carbocycles. The Morgan fingerprint density at radius 1 is 1.46 bits per heavy atom. The Balaban J connectivity index is 2.26. The largest absolute Gasteiger partial charge is 0.334 e. The first kappa shape index (κ1) is 20.6. The van der Waals surface area contributed by atoms with E-state index in [0.29, 0.717) is 6.04 Å². The summed E-state index contributed by atoms with van der Waals surface area (Å²) in [5, 5.41) is 0. The molecule has 144 valence electrons. The molecule has 1 aliphatic carbocycles. The molecule has 1 aromatic heterocycles. The van der Waals surface area contributed by atoms with Crippen molar-refractivity contribution in [2.75, 3.05) is 13.1 Å². The van der Waals surface area contributed by atoms with E-state index in [1.165, 1.54) is 12.0 Å². The van der Waals surface area contributed by atoms with E-state index >= 15 is 0 Å². The van der Waals surface area contributed by atoms with Crippen molar-refractivity contribution in [3.05, 3.63) is 41.6 Å². The summed E-state index contributed by atoms with van der Waals surface area (Å²) in [6.45, 7) is 11.8. The molecule has 2 rings (SSSR count). The third kappa shape index (κ3) is 5.39. The van der Waals surface area contributed by atoms with Crippen LogP contribution in [0.3, 0.4) is 0 Å². The Morgan fingerprint density at radius 3 is 3.00 bits per heavy atom. The molecule has 0 fully saturated rings. The predicted octanol–water partition coefficient (Wildman–Crippen LogP) is 3.92. The third-order valence-corrected chi connectivity index (χ3v) is 5.06. The van der Waals surface area contributed by atoms with Gasteiger partial charge in [0, 0.05) is 18.9 Å². The fraction of sp³-hybridized carbons (Fsp3) is 0.619. The third-order valence-electron chi connectivity index (χ3n) is 5.06. The fourth-order valence-corrected chi connectivity index (χ4v) is 3.82. The van der Waals surface area contributed by atoms with Gasteiger partial charge in [-0.3, -0.25) is 9.89 Å². The number of nitrogens with zero attached hydrogens (tertiary/aromatic N) is 4. The number of rotatable bonds is 11. The monoisotopic (exact) mass is 357 g/mol. The van der Waals surface area contributed by atoms with Crippen molar-refractivity contribution in [3.8, 4) is 0 Å². The molecule has 26 heavy (non-hydrogen) atoms. The van der Waals surface area contributed by atoms with E-state index in [-0.39, 0.29) is 0 Å². The first-order valence-corrected chi connectivity index (χ1v) is 10.0. The van der Waals surface area contributed by atoms with Gasteiger partial charge in [0.1, 0.15) is 5.82 Å². The highest BCUT2D eigenvalue weighted by Gasteiger charge is 2.27. The van der Waals surface area contributed by atoms with E-state index in [1.54, 1.807) is 0 Å². The van der Waals surface area contributed by atoms with Crippen LogP contribution in [0.15, 0.2) is 40.8 Å². The van der Waals surface area contributed by atoms with E-state index in [9.17, 15) is 0 Å². The van der Waals surface area contributed by atoms with Crippen LogP contribution in [0.5, 0.6) is 0 Å². The van der Waals surface area contributed by atoms with Crippen molar-refractivity contribution in [1.29, 1.82) is 0 Å². The summed E-state index contributed by atoms with van der Waals surface area (Å²) in [6.07, 6.45) is 15.0. The molecule has 0 saturated heterocycles. The molecule has 5 heteroatoms. The van der Waals surface area contributed by atoms with Gasteiger partial charge >= 0.3 is 0 Å². The Morgan fingerprint density at radius 2 is 2.31 bits per heavy atom. The summed E-state index contributed by atoms with van der Waals surface area (Å²) in [5.41, 5.74) is 8.21. The minimum Gasteiger partial charge on any atom is -0.334 e. The standard InChI is InChI=1S/C21H35N5/c1-4-9-18-10-8-11-19(21(18)23-3)26(15-7-6-12-22)17-20-24-13-16-25(20)14-5-2/h4,9,13,16,19H,3,5-8,10-12,14-15,17,22H2,1-2H3/b9-4-.